The lowest BCUT2D eigenvalue weighted by molar-refractivity contribution is -0.121. The number of amides is 2. The highest BCUT2D eigenvalue weighted by molar-refractivity contribution is 5.91. The zero-order chi connectivity index (χ0) is 22.1. The van der Waals surface area contributed by atoms with Crippen LogP contribution in [-0.4, -0.2) is 41.9 Å². The Bertz CT molecular complexity index is 1010. The Morgan fingerprint density at radius 2 is 1.77 bits per heavy atom. The highest BCUT2D eigenvalue weighted by atomic mass is 16.5. The largest absolute Gasteiger partial charge is 0.383 e. The Morgan fingerprint density at radius 3 is 2.52 bits per heavy atom. The first-order valence-electron chi connectivity index (χ1n) is 10.3. The summed E-state index contributed by atoms with van der Waals surface area (Å²) < 4.78 is 6.64. The van der Waals surface area contributed by atoms with Crippen molar-refractivity contribution in [3.8, 4) is 16.9 Å². The van der Waals surface area contributed by atoms with E-state index in [1.54, 1.807) is 11.8 Å². The molecule has 2 amide bonds. The standard InChI is InChI=1S/C24H28N4O3/c1-18-8-6-11-20(16-18)28-22(17-21(27-28)19-9-4-3-5-10-19)26-24(30)13-7-12-23(29)25-14-15-31-2/h3-6,8-11,16-17H,7,12-15H2,1-2H3,(H,25,29)(H,26,30). The van der Waals surface area contributed by atoms with Crippen LogP contribution in [0, 0.1) is 6.92 Å². The van der Waals surface area contributed by atoms with E-state index in [4.69, 9.17) is 9.84 Å². The molecule has 0 radical (unpaired) electrons. The fraction of sp³-hybridized carbons (Fsp3) is 0.292. The van der Waals surface area contributed by atoms with Crippen molar-refractivity contribution in [1.82, 2.24) is 15.1 Å². The van der Waals surface area contributed by atoms with E-state index >= 15 is 0 Å². The summed E-state index contributed by atoms with van der Waals surface area (Å²) in [5.74, 6) is 0.359. The van der Waals surface area contributed by atoms with E-state index in [0.717, 1.165) is 22.5 Å². The van der Waals surface area contributed by atoms with Gasteiger partial charge in [-0.2, -0.15) is 5.10 Å². The highest BCUT2D eigenvalue weighted by Gasteiger charge is 2.14. The van der Waals surface area contributed by atoms with E-state index in [0.29, 0.717) is 31.8 Å². The number of ether oxygens (including phenoxy) is 1. The molecular formula is C24H28N4O3. The lowest BCUT2D eigenvalue weighted by atomic mass is 10.1. The molecule has 7 heteroatoms. The van der Waals surface area contributed by atoms with Gasteiger partial charge in [-0.15, -0.1) is 0 Å². The monoisotopic (exact) mass is 420 g/mol. The molecule has 0 aliphatic rings. The highest BCUT2D eigenvalue weighted by Crippen LogP contribution is 2.25. The van der Waals surface area contributed by atoms with E-state index in [1.165, 1.54) is 0 Å². The summed E-state index contributed by atoms with van der Waals surface area (Å²) in [7, 11) is 1.58. The van der Waals surface area contributed by atoms with E-state index < -0.39 is 0 Å². The third kappa shape index (κ3) is 6.52. The topological polar surface area (TPSA) is 85.2 Å². The zero-order valence-corrected chi connectivity index (χ0v) is 17.9. The number of methoxy groups -OCH3 is 1. The third-order valence-corrected chi connectivity index (χ3v) is 4.73. The number of hydrogen-bond acceptors (Lipinski definition) is 4. The molecule has 0 atom stereocenters. The van der Waals surface area contributed by atoms with Crippen LogP contribution in [0.25, 0.3) is 16.9 Å². The van der Waals surface area contributed by atoms with E-state index in [-0.39, 0.29) is 18.2 Å². The van der Waals surface area contributed by atoms with Crippen LogP contribution in [0.3, 0.4) is 0 Å². The van der Waals surface area contributed by atoms with Gasteiger partial charge in [0, 0.05) is 38.1 Å². The molecule has 31 heavy (non-hydrogen) atoms. The molecule has 2 N–H and O–H groups in total. The number of nitrogens with one attached hydrogen (secondary N) is 2. The predicted molar refractivity (Wildman–Crippen MR) is 121 cm³/mol. The second-order valence-electron chi connectivity index (χ2n) is 7.28. The van der Waals surface area contributed by atoms with Crippen molar-refractivity contribution < 1.29 is 14.3 Å². The molecule has 2 aromatic carbocycles. The number of anilines is 1. The van der Waals surface area contributed by atoms with E-state index in [1.807, 2.05) is 67.6 Å². The SMILES string of the molecule is COCCNC(=O)CCCC(=O)Nc1cc(-c2ccccc2)nn1-c1cccc(C)c1. The Balaban J connectivity index is 1.70. The molecule has 1 heterocycles. The normalized spacial score (nSPS) is 10.6. The van der Waals surface area contributed by atoms with Gasteiger partial charge >= 0.3 is 0 Å². The number of carbonyl (C=O) groups is 2. The molecule has 0 fully saturated rings. The Kier molecular flexibility index (Phi) is 7.95. The first-order valence-corrected chi connectivity index (χ1v) is 10.3. The van der Waals surface area contributed by atoms with Crippen LogP contribution in [0.15, 0.2) is 60.7 Å². The van der Waals surface area contributed by atoms with Crippen molar-refractivity contribution in [3.05, 3.63) is 66.2 Å². The van der Waals surface area contributed by atoms with Crippen LogP contribution in [0.1, 0.15) is 24.8 Å². The Morgan fingerprint density at radius 1 is 1.00 bits per heavy atom. The van der Waals surface area contributed by atoms with Crippen molar-refractivity contribution in [2.75, 3.05) is 25.6 Å². The smallest absolute Gasteiger partial charge is 0.225 e. The van der Waals surface area contributed by atoms with Crippen LogP contribution in [0.2, 0.25) is 0 Å². The predicted octanol–water partition coefficient (Wildman–Crippen LogP) is 3.72. The summed E-state index contributed by atoms with van der Waals surface area (Å²) in [5, 5.41) is 10.4. The summed E-state index contributed by atoms with van der Waals surface area (Å²) in [4.78, 5) is 24.3. The second-order valence-corrected chi connectivity index (χ2v) is 7.28. The van der Waals surface area contributed by atoms with Gasteiger partial charge in [0.15, 0.2) is 0 Å². The van der Waals surface area contributed by atoms with Gasteiger partial charge in [0.25, 0.3) is 0 Å². The minimum absolute atomic E-state index is 0.0824. The molecule has 0 saturated carbocycles. The summed E-state index contributed by atoms with van der Waals surface area (Å²) in [6.45, 7) is 2.96. The molecule has 162 valence electrons. The molecule has 1 aromatic heterocycles. The number of nitrogens with zero attached hydrogens (tertiary/aromatic N) is 2. The molecule has 0 unspecified atom stereocenters. The molecule has 0 spiro atoms. The van der Waals surface area contributed by atoms with Crippen molar-refractivity contribution in [3.63, 3.8) is 0 Å². The molecule has 7 nitrogen and oxygen atoms in total. The van der Waals surface area contributed by atoms with Crippen molar-refractivity contribution >= 4 is 17.6 Å². The van der Waals surface area contributed by atoms with Crippen molar-refractivity contribution in [2.45, 2.75) is 26.2 Å². The maximum absolute atomic E-state index is 12.5. The van der Waals surface area contributed by atoms with Gasteiger partial charge in [-0.1, -0.05) is 42.5 Å². The summed E-state index contributed by atoms with van der Waals surface area (Å²) in [6, 6.07) is 19.6. The molecule has 0 bridgehead atoms. The lowest BCUT2D eigenvalue weighted by Gasteiger charge is -2.09. The van der Waals surface area contributed by atoms with E-state index in [9.17, 15) is 9.59 Å². The van der Waals surface area contributed by atoms with Gasteiger partial charge in [-0.3, -0.25) is 9.59 Å². The quantitative estimate of drug-likeness (QED) is 0.490. The first kappa shape index (κ1) is 22.2. The van der Waals surface area contributed by atoms with Gasteiger partial charge < -0.3 is 15.4 Å². The summed E-state index contributed by atoms with van der Waals surface area (Å²) in [6.07, 6.45) is 1.01. The second kappa shape index (κ2) is 11.1. The van der Waals surface area contributed by atoms with Gasteiger partial charge in [-0.25, -0.2) is 4.68 Å². The average molecular weight is 421 g/mol. The fourth-order valence-corrected chi connectivity index (χ4v) is 3.17. The number of rotatable bonds is 10. The lowest BCUT2D eigenvalue weighted by Crippen LogP contribution is -2.27. The van der Waals surface area contributed by atoms with Crippen molar-refractivity contribution in [1.29, 1.82) is 0 Å². The van der Waals surface area contributed by atoms with Crippen LogP contribution in [0.4, 0.5) is 5.82 Å². The number of aryl methyl sites for hydroxylation is 1. The van der Waals surface area contributed by atoms with Crippen molar-refractivity contribution in [2.24, 2.45) is 0 Å². The maximum Gasteiger partial charge on any atom is 0.225 e. The first-order chi connectivity index (χ1) is 15.1. The summed E-state index contributed by atoms with van der Waals surface area (Å²) in [5.41, 5.74) is 3.72. The van der Waals surface area contributed by atoms with Gasteiger partial charge in [0.1, 0.15) is 5.82 Å². The average Bonchev–Trinajstić information content (AvgIpc) is 3.18. The molecule has 3 rings (SSSR count). The maximum atomic E-state index is 12.5. The van der Waals surface area contributed by atoms with Crippen LogP contribution < -0.4 is 10.6 Å². The number of hydrogen-bond donors (Lipinski definition) is 2. The Labute approximate surface area is 182 Å². The fourth-order valence-electron chi connectivity index (χ4n) is 3.17. The van der Waals surface area contributed by atoms with Gasteiger partial charge in [-0.05, 0) is 31.0 Å². The van der Waals surface area contributed by atoms with Gasteiger partial charge in [0.05, 0.1) is 18.0 Å². The van der Waals surface area contributed by atoms with Crippen LogP contribution in [-0.2, 0) is 14.3 Å². The number of aromatic nitrogens is 2. The molecular weight excluding hydrogens is 392 g/mol. The minimum atomic E-state index is -0.155. The number of benzene rings is 2. The van der Waals surface area contributed by atoms with Crippen LogP contribution in [0.5, 0.6) is 0 Å². The molecule has 0 aliphatic carbocycles. The van der Waals surface area contributed by atoms with E-state index in [2.05, 4.69) is 10.6 Å². The van der Waals surface area contributed by atoms with Gasteiger partial charge in [0.2, 0.25) is 11.8 Å². The Hall–Kier alpha value is -3.45. The number of carbonyl (C=O) groups excluding carboxylic acids is 2. The molecule has 0 saturated heterocycles. The zero-order valence-electron chi connectivity index (χ0n) is 17.9. The third-order valence-electron chi connectivity index (χ3n) is 4.73. The van der Waals surface area contributed by atoms with Crippen LogP contribution >= 0.6 is 0 Å². The minimum Gasteiger partial charge on any atom is -0.383 e. The molecule has 3 aromatic rings. The summed E-state index contributed by atoms with van der Waals surface area (Å²) >= 11 is 0. The molecule has 0 aliphatic heterocycles.